The van der Waals surface area contributed by atoms with Crippen molar-refractivity contribution in [2.24, 2.45) is 0 Å². The Bertz CT molecular complexity index is 637. The summed E-state index contributed by atoms with van der Waals surface area (Å²) in [5.41, 5.74) is 2.30. The van der Waals surface area contributed by atoms with Gasteiger partial charge < -0.3 is 5.32 Å². The Morgan fingerprint density at radius 2 is 1.85 bits per heavy atom. The molecule has 0 saturated carbocycles. The average Bonchev–Trinajstić information content (AvgIpc) is 3.01. The number of nitrogens with zero attached hydrogens (tertiary/aromatic N) is 3. The molecular formula is C14H13N5S. The van der Waals surface area contributed by atoms with E-state index in [1.54, 1.807) is 24.2 Å². The number of rotatable bonds is 5. The fraction of sp³-hybridized carbons (Fsp3) is 0.0714. The summed E-state index contributed by atoms with van der Waals surface area (Å²) < 4.78 is 0. The number of aromatic amines is 1. The first kappa shape index (κ1) is 12.7. The van der Waals surface area contributed by atoms with Crippen molar-refractivity contribution in [3.05, 3.63) is 60.7 Å². The van der Waals surface area contributed by atoms with Crippen molar-refractivity contribution in [1.29, 1.82) is 0 Å². The second kappa shape index (κ2) is 6.21. The topological polar surface area (TPSA) is 66.5 Å². The van der Waals surface area contributed by atoms with Crippen LogP contribution in [0.25, 0.3) is 0 Å². The molecule has 0 aliphatic carbocycles. The van der Waals surface area contributed by atoms with Crippen LogP contribution in [0.15, 0.2) is 65.2 Å². The van der Waals surface area contributed by atoms with Crippen LogP contribution < -0.4 is 5.32 Å². The van der Waals surface area contributed by atoms with E-state index in [1.807, 2.05) is 12.1 Å². The van der Waals surface area contributed by atoms with E-state index in [2.05, 4.69) is 49.7 Å². The molecule has 3 rings (SSSR count). The van der Waals surface area contributed by atoms with Gasteiger partial charge >= 0.3 is 0 Å². The van der Waals surface area contributed by atoms with Crippen LogP contribution in [0.1, 0.15) is 5.56 Å². The molecule has 100 valence electrons. The number of hydrogen-bond donors (Lipinski definition) is 2. The summed E-state index contributed by atoms with van der Waals surface area (Å²) in [4.78, 5) is 9.21. The lowest BCUT2D eigenvalue weighted by atomic mass is 10.2. The molecule has 3 aromatic rings. The fourth-order valence-electron chi connectivity index (χ4n) is 1.70. The molecule has 6 heteroatoms. The molecular weight excluding hydrogens is 270 g/mol. The van der Waals surface area contributed by atoms with Gasteiger partial charge in [-0.05, 0) is 42.0 Å². The Balaban J connectivity index is 1.59. The lowest BCUT2D eigenvalue weighted by molar-refractivity contribution is 0.973. The zero-order chi connectivity index (χ0) is 13.6. The van der Waals surface area contributed by atoms with Gasteiger partial charge in [-0.2, -0.15) is 5.10 Å². The molecule has 0 unspecified atom stereocenters. The molecule has 0 spiro atoms. The lowest BCUT2D eigenvalue weighted by Crippen LogP contribution is -1.98. The minimum Gasteiger partial charge on any atom is -0.381 e. The molecule has 2 aromatic heterocycles. The molecule has 0 aliphatic rings. The van der Waals surface area contributed by atoms with Gasteiger partial charge in [-0.15, -0.1) is 0 Å². The van der Waals surface area contributed by atoms with E-state index in [9.17, 15) is 0 Å². The van der Waals surface area contributed by atoms with Crippen molar-refractivity contribution in [2.75, 3.05) is 5.32 Å². The highest BCUT2D eigenvalue weighted by molar-refractivity contribution is 7.99. The van der Waals surface area contributed by atoms with Crippen molar-refractivity contribution in [3.8, 4) is 0 Å². The SMILES string of the molecule is c1cc(CNc2ccc(Sc3ncn[nH]3)cc2)ccn1. The van der Waals surface area contributed by atoms with Crippen molar-refractivity contribution >= 4 is 17.4 Å². The Labute approximate surface area is 120 Å². The van der Waals surface area contributed by atoms with E-state index in [-0.39, 0.29) is 0 Å². The smallest absolute Gasteiger partial charge is 0.188 e. The normalized spacial score (nSPS) is 10.4. The number of pyridine rings is 1. The van der Waals surface area contributed by atoms with Gasteiger partial charge in [0, 0.05) is 29.5 Å². The number of nitrogens with one attached hydrogen (secondary N) is 2. The Morgan fingerprint density at radius 3 is 2.55 bits per heavy atom. The maximum Gasteiger partial charge on any atom is 0.188 e. The van der Waals surface area contributed by atoms with Crippen LogP contribution in [-0.2, 0) is 6.54 Å². The van der Waals surface area contributed by atoms with Gasteiger partial charge in [0.15, 0.2) is 5.16 Å². The molecule has 2 heterocycles. The summed E-state index contributed by atoms with van der Waals surface area (Å²) in [6.45, 7) is 0.789. The highest BCUT2D eigenvalue weighted by atomic mass is 32.2. The van der Waals surface area contributed by atoms with Crippen LogP contribution in [0, 0.1) is 0 Å². The van der Waals surface area contributed by atoms with E-state index in [0.29, 0.717) is 0 Å². The predicted molar refractivity (Wildman–Crippen MR) is 78.5 cm³/mol. The molecule has 2 N–H and O–H groups in total. The van der Waals surface area contributed by atoms with Gasteiger partial charge in [0.2, 0.25) is 0 Å². The summed E-state index contributed by atoms with van der Waals surface area (Å²) >= 11 is 1.55. The maximum atomic E-state index is 4.08. The number of benzene rings is 1. The third-order valence-corrected chi connectivity index (χ3v) is 3.61. The first-order chi connectivity index (χ1) is 9.90. The van der Waals surface area contributed by atoms with Crippen LogP contribution in [0.2, 0.25) is 0 Å². The summed E-state index contributed by atoms with van der Waals surface area (Å²) in [5.74, 6) is 0. The summed E-state index contributed by atoms with van der Waals surface area (Å²) in [5, 5.41) is 10.8. The molecule has 20 heavy (non-hydrogen) atoms. The van der Waals surface area contributed by atoms with Crippen LogP contribution in [0.4, 0.5) is 5.69 Å². The van der Waals surface area contributed by atoms with E-state index >= 15 is 0 Å². The molecule has 0 fully saturated rings. The first-order valence-corrected chi connectivity index (χ1v) is 6.98. The molecule has 0 amide bonds. The average molecular weight is 283 g/mol. The lowest BCUT2D eigenvalue weighted by Gasteiger charge is -2.07. The van der Waals surface area contributed by atoms with E-state index < -0.39 is 0 Å². The van der Waals surface area contributed by atoms with Crippen molar-refractivity contribution in [1.82, 2.24) is 20.2 Å². The third kappa shape index (κ3) is 3.36. The molecule has 0 bridgehead atoms. The molecule has 0 atom stereocenters. The highest BCUT2D eigenvalue weighted by Crippen LogP contribution is 2.25. The Kier molecular flexibility index (Phi) is 3.93. The predicted octanol–water partition coefficient (Wildman–Crippen LogP) is 2.96. The van der Waals surface area contributed by atoms with Crippen LogP contribution in [0.5, 0.6) is 0 Å². The third-order valence-electron chi connectivity index (χ3n) is 2.71. The van der Waals surface area contributed by atoms with Gasteiger partial charge in [0.25, 0.3) is 0 Å². The van der Waals surface area contributed by atoms with Gasteiger partial charge in [-0.25, -0.2) is 4.98 Å². The first-order valence-electron chi connectivity index (χ1n) is 6.16. The number of H-pyrrole nitrogens is 1. The van der Waals surface area contributed by atoms with Gasteiger partial charge in [-0.1, -0.05) is 11.8 Å². The molecule has 5 nitrogen and oxygen atoms in total. The number of hydrogen-bond acceptors (Lipinski definition) is 5. The zero-order valence-corrected chi connectivity index (χ0v) is 11.5. The molecule has 0 aliphatic heterocycles. The highest BCUT2D eigenvalue weighted by Gasteiger charge is 2.00. The van der Waals surface area contributed by atoms with Crippen LogP contribution in [0.3, 0.4) is 0 Å². The standard InChI is InChI=1S/C14H13N5S/c1-3-13(20-14-17-10-18-19-14)4-2-12(1)16-9-11-5-7-15-8-6-11/h1-8,10,16H,9H2,(H,17,18,19). The summed E-state index contributed by atoms with van der Waals surface area (Å²) in [6, 6.07) is 12.2. The van der Waals surface area contributed by atoms with Crippen molar-refractivity contribution in [3.63, 3.8) is 0 Å². The number of aromatic nitrogens is 4. The van der Waals surface area contributed by atoms with E-state index in [0.717, 1.165) is 22.3 Å². The quantitative estimate of drug-likeness (QED) is 0.753. The summed E-state index contributed by atoms with van der Waals surface area (Å²) in [6.07, 6.45) is 5.11. The minimum absolute atomic E-state index is 0.789. The molecule has 0 radical (unpaired) electrons. The van der Waals surface area contributed by atoms with Gasteiger partial charge in [0.1, 0.15) is 6.33 Å². The Hall–Kier alpha value is -2.34. The zero-order valence-electron chi connectivity index (χ0n) is 10.7. The Morgan fingerprint density at radius 1 is 1.05 bits per heavy atom. The second-order valence-electron chi connectivity index (χ2n) is 4.13. The molecule has 0 saturated heterocycles. The van der Waals surface area contributed by atoms with Crippen molar-refractivity contribution < 1.29 is 0 Å². The second-order valence-corrected chi connectivity index (χ2v) is 5.19. The largest absolute Gasteiger partial charge is 0.381 e. The van der Waals surface area contributed by atoms with Gasteiger partial charge in [-0.3, -0.25) is 10.1 Å². The maximum absolute atomic E-state index is 4.08. The number of anilines is 1. The van der Waals surface area contributed by atoms with Crippen LogP contribution in [-0.4, -0.2) is 20.2 Å². The van der Waals surface area contributed by atoms with Crippen LogP contribution >= 0.6 is 11.8 Å². The van der Waals surface area contributed by atoms with E-state index in [4.69, 9.17) is 0 Å². The van der Waals surface area contributed by atoms with Gasteiger partial charge in [0.05, 0.1) is 0 Å². The fourth-order valence-corrected chi connectivity index (χ4v) is 2.39. The summed E-state index contributed by atoms with van der Waals surface area (Å²) in [7, 11) is 0. The van der Waals surface area contributed by atoms with E-state index in [1.165, 1.54) is 11.9 Å². The monoisotopic (exact) mass is 283 g/mol. The minimum atomic E-state index is 0.789. The van der Waals surface area contributed by atoms with Crippen molar-refractivity contribution in [2.45, 2.75) is 16.6 Å². The molecule has 1 aromatic carbocycles.